The lowest BCUT2D eigenvalue weighted by atomic mass is 10.1. The number of hydrogen-bond acceptors (Lipinski definition) is 6. The second kappa shape index (κ2) is 12.9. The number of nitrogens with one attached hydrogen (secondary N) is 2. The molecule has 2 aromatic rings. The third kappa shape index (κ3) is 7.78. The van der Waals surface area contributed by atoms with E-state index in [-0.39, 0.29) is 23.5 Å². The van der Waals surface area contributed by atoms with Crippen LogP contribution in [0.15, 0.2) is 54.6 Å². The molecule has 1 aliphatic heterocycles. The summed E-state index contributed by atoms with van der Waals surface area (Å²) in [4.78, 5) is 39.0. The van der Waals surface area contributed by atoms with Gasteiger partial charge in [0.25, 0.3) is 5.91 Å². The van der Waals surface area contributed by atoms with Crippen molar-refractivity contribution in [1.29, 1.82) is 0 Å². The van der Waals surface area contributed by atoms with Gasteiger partial charge in [-0.05, 0) is 55.4 Å². The molecule has 2 N–H and O–H groups in total. The summed E-state index contributed by atoms with van der Waals surface area (Å²) in [6.45, 7) is 4.96. The molecule has 0 bridgehead atoms. The van der Waals surface area contributed by atoms with Crippen molar-refractivity contribution >= 4 is 35.1 Å². The fourth-order valence-electron chi connectivity index (χ4n) is 3.55. The van der Waals surface area contributed by atoms with E-state index in [1.807, 2.05) is 37.3 Å². The molecule has 3 rings (SSSR count). The Labute approximate surface area is 211 Å². The number of rotatable bonds is 9. The molecule has 2 unspecified atom stereocenters. The molecule has 0 aromatic heterocycles. The molecule has 0 radical (unpaired) electrons. The Morgan fingerprint density at radius 3 is 2.57 bits per heavy atom. The topological polar surface area (TPSA) is 97.0 Å². The van der Waals surface area contributed by atoms with E-state index in [2.05, 4.69) is 10.6 Å². The first-order valence-electron chi connectivity index (χ1n) is 11.7. The van der Waals surface area contributed by atoms with Gasteiger partial charge >= 0.3 is 5.97 Å². The average molecular weight is 498 g/mol. The molecular formula is C26H31N3O5S. The number of carbonyl (C=O) groups is 3. The summed E-state index contributed by atoms with van der Waals surface area (Å²) in [7, 11) is 0. The second-order valence-corrected chi connectivity index (χ2v) is 8.67. The number of thiocarbonyl (C=S) groups is 1. The van der Waals surface area contributed by atoms with Crippen LogP contribution in [-0.4, -0.2) is 59.6 Å². The van der Waals surface area contributed by atoms with Gasteiger partial charge in [0.05, 0.1) is 19.1 Å². The van der Waals surface area contributed by atoms with E-state index < -0.39 is 17.9 Å². The van der Waals surface area contributed by atoms with E-state index in [9.17, 15) is 14.4 Å². The number of hydrogen-bond donors (Lipinski definition) is 2. The standard InChI is InChI=1S/C26H31N3O5S/c1-3-18(2)34-23(30)17-22-25(32)27-14-15-29(22)26(35)28-24(31)20-9-11-21(12-10-20)33-16-13-19-7-5-4-6-8-19/h4-12,18,22H,3,13-17H2,1-2H3,(H,27,32)(H,28,31,35). The van der Waals surface area contributed by atoms with Gasteiger partial charge in [0, 0.05) is 25.1 Å². The van der Waals surface area contributed by atoms with Crippen LogP contribution in [0.3, 0.4) is 0 Å². The first-order chi connectivity index (χ1) is 16.9. The van der Waals surface area contributed by atoms with Crippen molar-refractivity contribution in [3.05, 3.63) is 65.7 Å². The van der Waals surface area contributed by atoms with Gasteiger partial charge in [-0.15, -0.1) is 0 Å². The van der Waals surface area contributed by atoms with E-state index in [0.717, 1.165) is 6.42 Å². The van der Waals surface area contributed by atoms with Gasteiger partial charge < -0.3 is 19.7 Å². The molecule has 1 aliphatic rings. The minimum Gasteiger partial charge on any atom is -0.493 e. The zero-order chi connectivity index (χ0) is 25.2. The van der Waals surface area contributed by atoms with Crippen molar-refractivity contribution in [2.45, 2.75) is 45.3 Å². The van der Waals surface area contributed by atoms with Crippen LogP contribution in [0.25, 0.3) is 0 Å². The van der Waals surface area contributed by atoms with Crippen molar-refractivity contribution in [1.82, 2.24) is 15.5 Å². The van der Waals surface area contributed by atoms with E-state index in [1.165, 1.54) is 5.56 Å². The van der Waals surface area contributed by atoms with Crippen molar-refractivity contribution in [2.24, 2.45) is 0 Å². The number of piperazine rings is 1. The predicted octanol–water partition coefficient (Wildman–Crippen LogP) is 2.86. The third-order valence-corrected chi connectivity index (χ3v) is 6.04. The summed E-state index contributed by atoms with van der Waals surface area (Å²) in [5, 5.41) is 5.50. The molecule has 1 heterocycles. The lowest BCUT2D eigenvalue weighted by Crippen LogP contribution is -2.60. The molecule has 9 heteroatoms. The molecule has 8 nitrogen and oxygen atoms in total. The van der Waals surface area contributed by atoms with E-state index >= 15 is 0 Å². The summed E-state index contributed by atoms with van der Waals surface area (Å²) >= 11 is 5.41. The van der Waals surface area contributed by atoms with E-state index in [0.29, 0.717) is 37.4 Å². The van der Waals surface area contributed by atoms with Crippen LogP contribution >= 0.6 is 12.2 Å². The molecule has 2 aromatic carbocycles. The second-order valence-electron chi connectivity index (χ2n) is 8.28. The highest BCUT2D eigenvalue weighted by molar-refractivity contribution is 7.80. The first-order valence-corrected chi connectivity index (χ1v) is 12.1. The van der Waals surface area contributed by atoms with E-state index in [4.69, 9.17) is 21.7 Å². The smallest absolute Gasteiger partial charge is 0.308 e. The Balaban J connectivity index is 1.54. The summed E-state index contributed by atoms with van der Waals surface area (Å²) in [5.74, 6) is -0.556. The molecule has 0 aliphatic carbocycles. The Kier molecular flexibility index (Phi) is 9.60. The lowest BCUT2D eigenvalue weighted by molar-refractivity contribution is -0.151. The molecule has 2 amide bonds. The zero-order valence-corrected chi connectivity index (χ0v) is 20.8. The largest absolute Gasteiger partial charge is 0.493 e. The Morgan fingerprint density at radius 2 is 1.89 bits per heavy atom. The van der Waals surface area contributed by atoms with Crippen molar-refractivity contribution in [2.75, 3.05) is 19.7 Å². The maximum Gasteiger partial charge on any atom is 0.308 e. The molecular weight excluding hydrogens is 466 g/mol. The van der Waals surface area contributed by atoms with Gasteiger partial charge in [-0.1, -0.05) is 37.3 Å². The normalized spacial score (nSPS) is 16.1. The molecule has 1 fully saturated rings. The van der Waals surface area contributed by atoms with Crippen molar-refractivity contribution in [3.8, 4) is 5.75 Å². The Hall–Kier alpha value is -3.46. The molecule has 186 valence electrons. The monoisotopic (exact) mass is 497 g/mol. The summed E-state index contributed by atoms with van der Waals surface area (Å²) in [6.07, 6.45) is 1.07. The van der Waals surface area contributed by atoms with Crippen LogP contribution < -0.4 is 15.4 Å². The molecule has 1 saturated heterocycles. The van der Waals surface area contributed by atoms with Gasteiger partial charge in [-0.2, -0.15) is 0 Å². The van der Waals surface area contributed by atoms with Crippen LogP contribution in [0, 0.1) is 0 Å². The number of benzene rings is 2. The van der Waals surface area contributed by atoms with Crippen LogP contribution in [0.5, 0.6) is 5.75 Å². The van der Waals surface area contributed by atoms with Crippen LogP contribution in [0.2, 0.25) is 0 Å². The minimum atomic E-state index is -0.839. The van der Waals surface area contributed by atoms with Crippen LogP contribution in [0.1, 0.15) is 42.6 Å². The summed E-state index contributed by atoms with van der Waals surface area (Å²) in [6, 6.07) is 16.0. The fraction of sp³-hybridized carbons (Fsp3) is 0.385. The number of amides is 2. The SMILES string of the molecule is CCC(C)OC(=O)CC1C(=O)NCCN1C(=S)NC(=O)c1ccc(OCCc2ccccc2)cc1. The minimum absolute atomic E-state index is 0.0920. The third-order valence-electron chi connectivity index (χ3n) is 5.70. The van der Waals surface area contributed by atoms with Gasteiger partial charge in [0.15, 0.2) is 5.11 Å². The molecule has 0 saturated carbocycles. The Morgan fingerprint density at radius 1 is 1.17 bits per heavy atom. The van der Waals surface area contributed by atoms with Gasteiger partial charge in [-0.25, -0.2) is 0 Å². The lowest BCUT2D eigenvalue weighted by Gasteiger charge is -2.36. The quantitative estimate of drug-likeness (QED) is 0.406. The Bertz CT molecular complexity index is 1030. The van der Waals surface area contributed by atoms with E-state index in [1.54, 1.807) is 36.1 Å². The van der Waals surface area contributed by atoms with Crippen molar-refractivity contribution in [3.63, 3.8) is 0 Å². The summed E-state index contributed by atoms with van der Waals surface area (Å²) in [5.41, 5.74) is 1.59. The maximum absolute atomic E-state index is 12.7. The highest BCUT2D eigenvalue weighted by Crippen LogP contribution is 2.15. The molecule has 2 atom stereocenters. The fourth-order valence-corrected chi connectivity index (χ4v) is 3.86. The average Bonchev–Trinajstić information content (AvgIpc) is 2.86. The van der Waals surface area contributed by atoms with Crippen LogP contribution in [0.4, 0.5) is 0 Å². The predicted molar refractivity (Wildman–Crippen MR) is 136 cm³/mol. The highest BCUT2D eigenvalue weighted by Gasteiger charge is 2.34. The highest BCUT2D eigenvalue weighted by atomic mass is 32.1. The van der Waals surface area contributed by atoms with Gasteiger partial charge in [-0.3, -0.25) is 19.7 Å². The van der Waals surface area contributed by atoms with Gasteiger partial charge in [0.2, 0.25) is 5.91 Å². The van der Waals surface area contributed by atoms with Crippen LogP contribution in [-0.2, 0) is 20.7 Å². The molecule has 35 heavy (non-hydrogen) atoms. The summed E-state index contributed by atoms with van der Waals surface area (Å²) < 4.78 is 11.1. The van der Waals surface area contributed by atoms with Gasteiger partial charge in [0.1, 0.15) is 11.8 Å². The number of ether oxygens (including phenoxy) is 2. The number of esters is 1. The number of carbonyl (C=O) groups excluding carboxylic acids is 3. The molecule has 0 spiro atoms. The van der Waals surface area contributed by atoms with Crippen molar-refractivity contribution < 1.29 is 23.9 Å². The maximum atomic E-state index is 12.7. The number of nitrogens with zero attached hydrogens (tertiary/aromatic N) is 1. The first kappa shape index (κ1) is 26.2. The zero-order valence-electron chi connectivity index (χ0n) is 20.0.